The van der Waals surface area contributed by atoms with Crippen molar-refractivity contribution in [3.05, 3.63) is 23.8 Å². The molecule has 0 saturated heterocycles. The van der Waals surface area contributed by atoms with Crippen LogP contribution in [0.3, 0.4) is 0 Å². The lowest BCUT2D eigenvalue weighted by molar-refractivity contribution is -0.122. The molecule has 3 nitrogen and oxygen atoms in total. The monoisotopic (exact) mass is 316 g/mol. The van der Waals surface area contributed by atoms with E-state index in [4.69, 9.17) is 0 Å². The van der Waals surface area contributed by atoms with E-state index in [1.807, 2.05) is 13.0 Å². The molecular formula is C20H28O3. The molecule has 0 aromatic carbocycles. The van der Waals surface area contributed by atoms with Crippen LogP contribution in [-0.4, -0.2) is 27.7 Å². The van der Waals surface area contributed by atoms with Crippen molar-refractivity contribution in [2.24, 2.45) is 28.6 Å². The Morgan fingerprint density at radius 1 is 1.13 bits per heavy atom. The second-order valence-corrected chi connectivity index (χ2v) is 9.02. The van der Waals surface area contributed by atoms with Gasteiger partial charge in [0.25, 0.3) is 0 Å². The summed E-state index contributed by atoms with van der Waals surface area (Å²) in [6, 6.07) is 0. The van der Waals surface area contributed by atoms with E-state index >= 15 is 0 Å². The van der Waals surface area contributed by atoms with Gasteiger partial charge in [0.05, 0.1) is 11.7 Å². The Kier molecular flexibility index (Phi) is 3.10. The standard InChI is InChI=1S/C20H28O3/c1-18-7-4-12(21)10-16(18)17(22)11-13-14(18)5-8-19(2)15(13)6-9-20(19,3)23/h4,7,10,13-15,17,22-23H,5-6,8-9,11H2,1-3H3/t13-,14+,15+,17+,18-,19+,20+/m1/s1. The molecule has 3 fully saturated rings. The molecule has 4 rings (SSSR count). The summed E-state index contributed by atoms with van der Waals surface area (Å²) in [5.74, 6) is 1.36. The van der Waals surface area contributed by atoms with Gasteiger partial charge in [-0.05, 0) is 79.9 Å². The number of hydrogen-bond acceptors (Lipinski definition) is 3. The summed E-state index contributed by atoms with van der Waals surface area (Å²) in [5, 5.41) is 21.6. The van der Waals surface area contributed by atoms with Crippen molar-refractivity contribution < 1.29 is 15.0 Å². The quantitative estimate of drug-likeness (QED) is 0.722. The molecule has 2 N–H and O–H groups in total. The van der Waals surface area contributed by atoms with Crippen LogP contribution in [-0.2, 0) is 4.79 Å². The van der Waals surface area contributed by atoms with E-state index in [2.05, 4.69) is 13.8 Å². The number of allylic oxidation sites excluding steroid dienone is 3. The number of carbonyl (C=O) groups is 1. The van der Waals surface area contributed by atoms with E-state index in [0.29, 0.717) is 17.8 Å². The molecule has 3 heteroatoms. The molecule has 0 bridgehead atoms. The molecule has 0 radical (unpaired) electrons. The lowest BCUT2D eigenvalue weighted by Gasteiger charge is -2.58. The van der Waals surface area contributed by atoms with Gasteiger partial charge < -0.3 is 10.2 Å². The van der Waals surface area contributed by atoms with Crippen molar-refractivity contribution in [1.82, 2.24) is 0 Å². The fraction of sp³-hybridized carbons (Fsp3) is 0.750. The zero-order valence-corrected chi connectivity index (χ0v) is 14.4. The van der Waals surface area contributed by atoms with E-state index in [0.717, 1.165) is 37.7 Å². The maximum atomic E-state index is 11.8. The van der Waals surface area contributed by atoms with Crippen LogP contribution in [0.15, 0.2) is 23.8 Å². The summed E-state index contributed by atoms with van der Waals surface area (Å²) in [7, 11) is 0. The zero-order chi connectivity index (χ0) is 16.6. The third-order valence-corrected chi connectivity index (χ3v) is 8.14. The second-order valence-electron chi connectivity index (χ2n) is 9.02. The third-order valence-electron chi connectivity index (χ3n) is 8.14. The van der Waals surface area contributed by atoms with Gasteiger partial charge in [-0.25, -0.2) is 0 Å². The van der Waals surface area contributed by atoms with Crippen LogP contribution >= 0.6 is 0 Å². The maximum absolute atomic E-state index is 11.8. The number of aliphatic hydroxyl groups is 2. The summed E-state index contributed by atoms with van der Waals surface area (Å²) in [6.45, 7) is 6.44. The minimum atomic E-state index is -0.594. The highest BCUT2D eigenvalue weighted by Crippen LogP contribution is 2.66. The van der Waals surface area contributed by atoms with Crippen molar-refractivity contribution in [2.45, 2.75) is 64.6 Å². The van der Waals surface area contributed by atoms with Gasteiger partial charge in [0.15, 0.2) is 5.78 Å². The van der Waals surface area contributed by atoms with Crippen molar-refractivity contribution in [3.8, 4) is 0 Å². The fourth-order valence-corrected chi connectivity index (χ4v) is 6.49. The van der Waals surface area contributed by atoms with Crippen molar-refractivity contribution in [2.75, 3.05) is 0 Å². The molecule has 0 aromatic heterocycles. The largest absolute Gasteiger partial charge is 0.390 e. The van der Waals surface area contributed by atoms with Gasteiger partial charge in [0.2, 0.25) is 0 Å². The van der Waals surface area contributed by atoms with E-state index < -0.39 is 11.7 Å². The van der Waals surface area contributed by atoms with Crippen LogP contribution in [0.4, 0.5) is 0 Å². The van der Waals surface area contributed by atoms with E-state index in [9.17, 15) is 15.0 Å². The first-order valence-electron chi connectivity index (χ1n) is 9.05. The predicted molar refractivity (Wildman–Crippen MR) is 88.6 cm³/mol. The highest BCUT2D eigenvalue weighted by Gasteiger charge is 2.63. The smallest absolute Gasteiger partial charge is 0.178 e. The summed E-state index contributed by atoms with van der Waals surface area (Å²) >= 11 is 0. The second kappa shape index (κ2) is 4.58. The van der Waals surface area contributed by atoms with Crippen LogP contribution in [0.25, 0.3) is 0 Å². The topological polar surface area (TPSA) is 57.5 Å². The molecule has 4 aliphatic carbocycles. The summed E-state index contributed by atoms with van der Waals surface area (Å²) in [6.07, 6.45) is 9.61. The molecule has 0 aromatic rings. The number of rotatable bonds is 0. The average molecular weight is 316 g/mol. The van der Waals surface area contributed by atoms with Crippen molar-refractivity contribution in [3.63, 3.8) is 0 Å². The van der Waals surface area contributed by atoms with Gasteiger partial charge in [-0.15, -0.1) is 0 Å². The molecule has 0 spiro atoms. The van der Waals surface area contributed by atoms with Gasteiger partial charge >= 0.3 is 0 Å². The number of carbonyl (C=O) groups excluding carboxylic acids is 1. The summed E-state index contributed by atoms with van der Waals surface area (Å²) < 4.78 is 0. The first-order chi connectivity index (χ1) is 10.7. The van der Waals surface area contributed by atoms with Crippen molar-refractivity contribution >= 4 is 5.78 Å². The Morgan fingerprint density at radius 2 is 1.83 bits per heavy atom. The number of aliphatic hydroxyl groups excluding tert-OH is 1. The highest BCUT2D eigenvalue weighted by molar-refractivity contribution is 6.01. The fourth-order valence-electron chi connectivity index (χ4n) is 6.49. The number of fused-ring (bicyclic) bond motifs is 5. The molecule has 3 saturated carbocycles. The normalized spacial score (nSPS) is 55.0. The van der Waals surface area contributed by atoms with E-state index in [1.165, 1.54) is 0 Å². The summed E-state index contributed by atoms with van der Waals surface area (Å²) in [5.41, 5.74) is 0.0777. The van der Waals surface area contributed by atoms with Crippen LogP contribution < -0.4 is 0 Å². The SMILES string of the molecule is C[C@]12C=CC(=O)C=C1[C@@H](O)C[C@@H]1[C@@H]2CC[C@@]2(C)[C@H]1CC[C@]2(C)O. The summed E-state index contributed by atoms with van der Waals surface area (Å²) in [4.78, 5) is 11.8. The Labute approximate surface area is 138 Å². The molecule has 0 amide bonds. The van der Waals surface area contributed by atoms with E-state index in [-0.39, 0.29) is 16.6 Å². The molecule has 0 unspecified atom stereocenters. The molecule has 4 aliphatic rings. The third kappa shape index (κ3) is 1.87. The Bertz CT molecular complexity index is 616. The van der Waals surface area contributed by atoms with Gasteiger partial charge in [0, 0.05) is 5.41 Å². The van der Waals surface area contributed by atoms with Crippen LogP contribution in [0.1, 0.15) is 52.9 Å². The van der Waals surface area contributed by atoms with Crippen molar-refractivity contribution in [1.29, 1.82) is 0 Å². The Hall–Kier alpha value is -0.930. The minimum absolute atomic E-state index is 0.000535. The lowest BCUT2D eigenvalue weighted by Crippen LogP contribution is -2.55. The first-order valence-corrected chi connectivity index (χ1v) is 9.05. The minimum Gasteiger partial charge on any atom is -0.390 e. The lowest BCUT2D eigenvalue weighted by atomic mass is 9.47. The average Bonchev–Trinajstić information content (AvgIpc) is 2.72. The molecule has 7 atom stereocenters. The van der Waals surface area contributed by atoms with Crippen LogP contribution in [0, 0.1) is 28.6 Å². The van der Waals surface area contributed by atoms with Gasteiger partial charge in [-0.2, -0.15) is 0 Å². The number of hydrogen-bond donors (Lipinski definition) is 2. The highest BCUT2D eigenvalue weighted by atomic mass is 16.3. The molecule has 126 valence electrons. The van der Waals surface area contributed by atoms with Gasteiger partial charge in [-0.1, -0.05) is 19.9 Å². The predicted octanol–water partition coefficient (Wildman–Crippen LogP) is 3.02. The molecule has 23 heavy (non-hydrogen) atoms. The molecular weight excluding hydrogens is 288 g/mol. The molecule has 0 heterocycles. The Morgan fingerprint density at radius 3 is 2.57 bits per heavy atom. The first kappa shape index (κ1) is 15.6. The van der Waals surface area contributed by atoms with Crippen LogP contribution in [0.2, 0.25) is 0 Å². The Balaban J connectivity index is 1.75. The molecule has 0 aliphatic heterocycles. The van der Waals surface area contributed by atoms with E-state index in [1.54, 1.807) is 12.2 Å². The van der Waals surface area contributed by atoms with Gasteiger partial charge in [-0.3, -0.25) is 4.79 Å². The maximum Gasteiger partial charge on any atom is 0.178 e. The van der Waals surface area contributed by atoms with Crippen LogP contribution in [0.5, 0.6) is 0 Å². The number of ketones is 1. The van der Waals surface area contributed by atoms with Gasteiger partial charge in [0.1, 0.15) is 0 Å². The zero-order valence-electron chi connectivity index (χ0n) is 14.4.